The van der Waals surface area contributed by atoms with Crippen LogP contribution in [0.5, 0.6) is 0 Å². The molecule has 0 aliphatic rings. The minimum Gasteiger partial charge on any atom is -0.399 e. The van der Waals surface area contributed by atoms with Crippen LogP contribution in [0.25, 0.3) is 0 Å². The highest BCUT2D eigenvalue weighted by atomic mass is 15.1. The number of rotatable bonds is 3. The zero-order valence-electron chi connectivity index (χ0n) is 11.3. The summed E-state index contributed by atoms with van der Waals surface area (Å²) in [6.45, 7) is 5.04. The molecule has 0 saturated carbocycles. The molecule has 0 unspecified atom stereocenters. The fourth-order valence-electron chi connectivity index (χ4n) is 2.14. The van der Waals surface area contributed by atoms with Crippen LogP contribution in [-0.4, -0.2) is 7.05 Å². The van der Waals surface area contributed by atoms with Gasteiger partial charge in [0.1, 0.15) is 0 Å². The molecule has 0 spiro atoms. The van der Waals surface area contributed by atoms with Crippen LogP contribution in [0.3, 0.4) is 0 Å². The van der Waals surface area contributed by atoms with Gasteiger partial charge in [-0.3, -0.25) is 0 Å². The van der Waals surface area contributed by atoms with Gasteiger partial charge in [-0.1, -0.05) is 30.3 Å². The third-order valence-corrected chi connectivity index (χ3v) is 3.29. The molecule has 0 fully saturated rings. The second kappa shape index (κ2) is 5.13. The maximum absolute atomic E-state index is 5.95. The standard InChI is InChI=1S/C16H20N2/c1-12-8-9-14(10-15(12)17)11-18(3)16-7-5-4-6-13(16)2/h4-10H,11,17H2,1-3H3. The van der Waals surface area contributed by atoms with Gasteiger partial charge in [-0.25, -0.2) is 0 Å². The summed E-state index contributed by atoms with van der Waals surface area (Å²) in [5, 5.41) is 0. The Bertz CT molecular complexity index is 547. The number of para-hydroxylation sites is 1. The van der Waals surface area contributed by atoms with Crippen molar-refractivity contribution in [3.8, 4) is 0 Å². The van der Waals surface area contributed by atoms with Crippen molar-refractivity contribution in [2.45, 2.75) is 20.4 Å². The second-order valence-electron chi connectivity index (χ2n) is 4.83. The maximum Gasteiger partial charge on any atom is 0.0427 e. The molecule has 94 valence electrons. The summed E-state index contributed by atoms with van der Waals surface area (Å²) in [6.07, 6.45) is 0. The van der Waals surface area contributed by atoms with Crippen molar-refractivity contribution >= 4 is 11.4 Å². The second-order valence-corrected chi connectivity index (χ2v) is 4.83. The highest BCUT2D eigenvalue weighted by Gasteiger charge is 2.05. The van der Waals surface area contributed by atoms with Gasteiger partial charge in [0.2, 0.25) is 0 Å². The van der Waals surface area contributed by atoms with Crippen LogP contribution in [0.1, 0.15) is 16.7 Å². The summed E-state index contributed by atoms with van der Waals surface area (Å²) >= 11 is 0. The Labute approximate surface area is 109 Å². The minimum atomic E-state index is 0.866. The average molecular weight is 240 g/mol. The third kappa shape index (κ3) is 2.65. The lowest BCUT2D eigenvalue weighted by Gasteiger charge is -2.21. The zero-order chi connectivity index (χ0) is 13.1. The smallest absolute Gasteiger partial charge is 0.0427 e. The van der Waals surface area contributed by atoms with Crippen molar-refractivity contribution in [2.24, 2.45) is 0 Å². The highest BCUT2D eigenvalue weighted by molar-refractivity contribution is 5.54. The van der Waals surface area contributed by atoms with Crippen molar-refractivity contribution in [3.63, 3.8) is 0 Å². The molecule has 0 aliphatic heterocycles. The first kappa shape index (κ1) is 12.5. The average Bonchev–Trinajstić information content (AvgIpc) is 2.34. The van der Waals surface area contributed by atoms with Crippen molar-refractivity contribution < 1.29 is 0 Å². The van der Waals surface area contributed by atoms with Gasteiger partial charge in [-0.05, 0) is 42.7 Å². The van der Waals surface area contributed by atoms with E-state index in [0.29, 0.717) is 0 Å². The van der Waals surface area contributed by atoms with E-state index >= 15 is 0 Å². The number of nitrogens with zero attached hydrogens (tertiary/aromatic N) is 1. The van der Waals surface area contributed by atoms with Crippen molar-refractivity contribution in [1.29, 1.82) is 0 Å². The third-order valence-electron chi connectivity index (χ3n) is 3.29. The summed E-state index contributed by atoms with van der Waals surface area (Å²) in [7, 11) is 2.11. The summed E-state index contributed by atoms with van der Waals surface area (Å²) in [5.41, 5.74) is 11.7. The van der Waals surface area contributed by atoms with Crippen LogP contribution in [0, 0.1) is 13.8 Å². The quantitative estimate of drug-likeness (QED) is 0.832. The fraction of sp³-hybridized carbons (Fsp3) is 0.250. The fourth-order valence-corrected chi connectivity index (χ4v) is 2.14. The monoisotopic (exact) mass is 240 g/mol. The largest absolute Gasteiger partial charge is 0.399 e. The van der Waals surface area contributed by atoms with Gasteiger partial charge < -0.3 is 10.6 Å². The molecule has 2 aromatic rings. The first-order valence-corrected chi connectivity index (χ1v) is 6.19. The molecule has 2 rings (SSSR count). The maximum atomic E-state index is 5.95. The number of hydrogen-bond donors (Lipinski definition) is 1. The van der Waals surface area contributed by atoms with E-state index in [1.807, 2.05) is 6.92 Å². The molecule has 2 nitrogen and oxygen atoms in total. The Morgan fingerprint density at radius 2 is 1.72 bits per heavy atom. The number of hydrogen-bond acceptors (Lipinski definition) is 2. The van der Waals surface area contributed by atoms with E-state index in [2.05, 4.69) is 61.3 Å². The summed E-state index contributed by atoms with van der Waals surface area (Å²) in [5.74, 6) is 0. The molecular formula is C16H20N2. The van der Waals surface area contributed by atoms with E-state index in [1.165, 1.54) is 16.8 Å². The predicted octanol–water partition coefficient (Wildman–Crippen LogP) is 3.52. The highest BCUT2D eigenvalue weighted by Crippen LogP contribution is 2.21. The Balaban J connectivity index is 2.19. The lowest BCUT2D eigenvalue weighted by atomic mass is 10.1. The molecule has 0 amide bonds. The van der Waals surface area contributed by atoms with Gasteiger partial charge in [0, 0.05) is 25.0 Å². The molecule has 18 heavy (non-hydrogen) atoms. The Kier molecular flexibility index (Phi) is 3.56. The van der Waals surface area contributed by atoms with Gasteiger partial charge in [0.05, 0.1) is 0 Å². The predicted molar refractivity (Wildman–Crippen MR) is 78.9 cm³/mol. The van der Waals surface area contributed by atoms with Crippen LogP contribution >= 0.6 is 0 Å². The number of anilines is 2. The Hall–Kier alpha value is -1.96. The number of nitrogen functional groups attached to an aromatic ring is 1. The van der Waals surface area contributed by atoms with E-state index in [9.17, 15) is 0 Å². The molecule has 0 saturated heterocycles. The molecule has 0 heterocycles. The molecule has 2 aromatic carbocycles. The van der Waals surface area contributed by atoms with Crippen LogP contribution in [0.4, 0.5) is 11.4 Å². The molecule has 0 aliphatic carbocycles. The van der Waals surface area contributed by atoms with Gasteiger partial charge in [-0.15, -0.1) is 0 Å². The van der Waals surface area contributed by atoms with Crippen LogP contribution in [-0.2, 0) is 6.54 Å². The number of nitrogens with two attached hydrogens (primary N) is 1. The molecule has 0 atom stereocenters. The van der Waals surface area contributed by atoms with E-state index in [-0.39, 0.29) is 0 Å². The van der Waals surface area contributed by atoms with Crippen molar-refractivity contribution in [3.05, 3.63) is 59.2 Å². The van der Waals surface area contributed by atoms with E-state index < -0.39 is 0 Å². The summed E-state index contributed by atoms with van der Waals surface area (Å²) in [4.78, 5) is 2.25. The lowest BCUT2D eigenvalue weighted by molar-refractivity contribution is 0.917. The van der Waals surface area contributed by atoms with E-state index in [1.54, 1.807) is 0 Å². The molecule has 0 bridgehead atoms. The molecule has 2 N–H and O–H groups in total. The minimum absolute atomic E-state index is 0.866. The van der Waals surface area contributed by atoms with Gasteiger partial charge in [-0.2, -0.15) is 0 Å². The SMILES string of the molecule is Cc1ccc(CN(C)c2ccccc2C)cc1N. The van der Waals surface area contributed by atoms with Crippen LogP contribution < -0.4 is 10.6 Å². The number of benzene rings is 2. The van der Waals surface area contributed by atoms with Crippen LogP contribution in [0.2, 0.25) is 0 Å². The molecule has 0 aromatic heterocycles. The lowest BCUT2D eigenvalue weighted by Crippen LogP contribution is -2.17. The topological polar surface area (TPSA) is 29.3 Å². The van der Waals surface area contributed by atoms with Crippen molar-refractivity contribution in [1.82, 2.24) is 0 Å². The Morgan fingerprint density at radius 3 is 2.39 bits per heavy atom. The van der Waals surface area contributed by atoms with Gasteiger partial charge >= 0.3 is 0 Å². The van der Waals surface area contributed by atoms with E-state index in [4.69, 9.17) is 5.73 Å². The van der Waals surface area contributed by atoms with Crippen molar-refractivity contribution in [2.75, 3.05) is 17.7 Å². The van der Waals surface area contributed by atoms with Gasteiger partial charge in [0.15, 0.2) is 0 Å². The first-order valence-electron chi connectivity index (χ1n) is 6.19. The Morgan fingerprint density at radius 1 is 1.00 bits per heavy atom. The summed E-state index contributed by atoms with van der Waals surface area (Å²) in [6, 6.07) is 14.7. The number of aryl methyl sites for hydroxylation is 2. The van der Waals surface area contributed by atoms with Crippen LogP contribution in [0.15, 0.2) is 42.5 Å². The normalized spacial score (nSPS) is 10.4. The molecule has 0 radical (unpaired) electrons. The molecular weight excluding hydrogens is 220 g/mol. The van der Waals surface area contributed by atoms with Gasteiger partial charge in [0.25, 0.3) is 0 Å². The summed E-state index contributed by atoms with van der Waals surface area (Å²) < 4.78 is 0. The first-order chi connectivity index (χ1) is 8.58. The van der Waals surface area contributed by atoms with E-state index in [0.717, 1.165) is 17.8 Å². The zero-order valence-corrected chi connectivity index (χ0v) is 11.3. The molecule has 2 heteroatoms.